The number of carbonyl (C=O) groups is 2. The van der Waals surface area contributed by atoms with Crippen LogP contribution in [0.5, 0.6) is 0 Å². The Morgan fingerprint density at radius 2 is 0.767 bits per heavy atom. The van der Waals surface area contributed by atoms with Gasteiger partial charge in [-0.3, -0.25) is 9.59 Å². The van der Waals surface area contributed by atoms with Crippen molar-refractivity contribution in [2.75, 3.05) is 22.9 Å². The molecule has 0 saturated heterocycles. The molecule has 0 aliphatic carbocycles. The lowest BCUT2D eigenvalue weighted by molar-refractivity contribution is -0.114. The zero-order valence-corrected chi connectivity index (χ0v) is 39.5. The molecule has 6 heteroatoms. The maximum absolute atomic E-state index is 14.9. The number of unbranched alkanes of at least 4 members (excludes halogenated alkanes) is 16. The molecule has 0 bridgehead atoms. The molecule has 2 aliphatic heterocycles. The molecular formula is C54H76N2O2S2. The van der Waals surface area contributed by atoms with E-state index in [2.05, 4.69) is 96.8 Å². The van der Waals surface area contributed by atoms with Crippen LogP contribution in [0.3, 0.4) is 0 Å². The minimum atomic E-state index is 0.145. The van der Waals surface area contributed by atoms with Gasteiger partial charge in [0.15, 0.2) is 0 Å². The highest BCUT2D eigenvalue weighted by atomic mass is 32.1. The third-order valence-corrected chi connectivity index (χ3v) is 15.2. The minimum absolute atomic E-state index is 0.145. The van der Waals surface area contributed by atoms with Crippen LogP contribution in [-0.2, 0) is 9.59 Å². The summed E-state index contributed by atoms with van der Waals surface area (Å²) in [5, 5.41) is 8.50. The Morgan fingerprint density at radius 1 is 0.433 bits per heavy atom. The number of fused-ring (bicyclic) bond motifs is 5. The molecule has 0 radical (unpaired) electrons. The van der Waals surface area contributed by atoms with Crippen molar-refractivity contribution in [1.82, 2.24) is 0 Å². The Morgan fingerprint density at radius 3 is 1.10 bits per heavy atom. The Kier molecular flexibility index (Phi) is 18.8. The van der Waals surface area contributed by atoms with Gasteiger partial charge in [-0.15, -0.1) is 22.7 Å². The van der Waals surface area contributed by atoms with Gasteiger partial charge in [-0.25, -0.2) is 0 Å². The Labute approximate surface area is 371 Å². The van der Waals surface area contributed by atoms with Crippen molar-refractivity contribution in [1.29, 1.82) is 0 Å². The van der Waals surface area contributed by atoms with Gasteiger partial charge in [-0.05, 0) is 60.4 Å². The molecule has 2 aliphatic rings. The summed E-state index contributed by atoms with van der Waals surface area (Å²) in [6, 6.07) is 17.3. The van der Waals surface area contributed by atoms with Crippen molar-refractivity contribution >= 4 is 67.8 Å². The van der Waals surface area contributed by atoms with Crippen molar-refractivity contribution in [2.24, 2.45) is 11.8 Å². The van der Waals surface area contributed by atoms with Gasteiger partial charge in [0.25, 0.3) is 11.8 Å². The quantitative estimate of drug-likeness (QED) is 0.0491. The smallest absolute Gasteiger partial charge is 0.260 e. The summed E-state index contributed by atoms with van der Waals surface area (Å²) in [5.41, 5.74) is 3.81. The molecule has 2 unspecified atom stereocenters. The molecule has 2 atom stereocenters. The van der Waals surface area contributed by atoms with Gasteiger partial charge in [-0.1, -0.05) is 193 Å². The van der Waals surface area contributed by atoms with E-state index in [1.807, 2.05) is 0 Å². The summed E-state index contributed by atoms with van der Waals surface area (Å²) < 4.78 is 0. The molecule has 60 heavy (non-hydrogen) atoms. The SMILES string of the molecule is CCCCCCCCC(CCCCCC)CN1C(=O)C(c2cccs2)=c2ccc3c4c(ccc3c21)=C(c1cccs1)C(=O)N4CC(CCCCCC)CCCCCCCC. The molecule has 4 heterocycles. The molecule has 0 fully saturated rings. The number of anilines is 2. The van der Waals surface area contributed by atoms with E-state index in [1.54, 1.807) is 22.7 Å². The first-order valence-electron chi connectivity index (χ1n) is 24.6. The van der Waals surface area contributed by atoms with Gasteiger partial charge < -0.3 is 9.80 Å². The number of nitrogens with zero attached hydrogens (tertiary/aromatic N) is 2. The Balaban J connectivity index is 1.40. The summed E-state index contributed by atoms with van der Waals surface area (Å²) in [6.45, 7) is 10.7. The molecule has 2 amide bonds. The van der Waals surface area contributed by atoms with Crippen LogP contribution in [0, 0.1) is 11.8 Å². The molecule has 4 nitrogen and oxygen atoms in total. The second kappa shape index (κ2) is 24.4. The molecule has 4 aromatic rings. The van der Waals surface area contributed by atoms with E-state index in [0.29, 0.717) is 11.8 Å². The molecule has 6 rings (SSSR count). The zero-order valence-electron chi connectivity index (χ0n) is 37.8. The standard InChI is InChI=1S/C54H76N2O2S2/c1-5-9-13-17-19-23-29-41(27-21-15-11-7-3)39-55-51-43-33-36-46-50(48-32-26-38-60-48)54(58)56(40-42(28-22-16-12-8-4)30-24-20-18-14-10-6-2)52(46)44(43)34-35-45(51)49(53(55)57)47-31-25-37-59-47/h25-26,31-38,41-42H,5-24,27-30,39-40H2,1-4H3. The minimum Gasteiger partial charge on any atom is -0.307 e. The highest BCUT2D eigenvalue weighted by Gasteiger charge is 2.37. The van der Waals surface area contributed by atoms with Crippen LogP contribution >= 0.6 is 22.7 Å². The maximum Gasteiger partial charge on any atom is 0.260 e. The topological polar surface area (TPSA) is 40.6 Å². The van der Waals surface area contributed by atoms with Crippen LogP contribution in [0.4, 0.5) is 11.4 Å². The number of carbonyl (C=O) groups excluding carboxylic acids is 2. The van der Waals surface area contributed by atoms with Gasteiger partial charge in [0.2, 0.25) is 0 Å². The monoisotopic (exact) mass is 849 g/mol. The number of hydrogen-bond acceptors (Lipinski definition) is 4. The summed E-state index contributed by atoms with van der Waals surface area (Å²) in [6.07, 6.45) is 30.2. The molecule has 0 N–H and O–H groups in total. The van der Waals surface area contributed by atoms with Crippen LogP contribution in [0.25, 0.3) is 21.9 Å². The third-order valence-electron chi connectivity index (χ3n) is 13.4. The average Bonchev–Trinajstić information content (AvgIpc) is 4.08. The number of thiophene rings is 2. The van der Waals surface area contributed by atoms with Crippen LogP contribution < -0.4 is 20.2 Å². The number of rotatable bonds is 30. The fraction of sp³-hybridized carbons (Fsp3) is 0.593. The maximum atomic E-state index is 14.9. The molecule has 2 aromatic heterocycles. The predicted octanol–water partition coefficient (Wildman–Crippen LogP) is 14.7. The number of benzene rings is 2. The van der Waals surface area contributed by atoms with Crippen molar-refractivity contribution < 1.29 is 9.59 Å². The second-order valence-corrected chi connectivity index (χ2v) is 20.0. The summed E-state index contributed by atoms with van der Waals surface area (Å²) >= 11 is 3.33. The Hall–Kier alpha value is -3.22. The predicted molar refractivity (Wildman–Crippen MR) is 262 cm³/mol. The van der Waals surface area contributed by atoms with Crippen LogP contribution in [0.1, 0.15) is 192 Å². The van der Waals surface area contributed by atoms with E-state index in [-0.39, 0.29) is 11.8 Å². The average molecular weight is 849 g/mol. The fourth-order valence-electron chi connectivity index (χ4n) is 10.0. The highest BCUT2D eigenvalue weighted by molar-refractivity contribution is 7.11. The van der Waals surface area contributed by atoms with E-state index in [9.17, 15) is 9.59 Å². The van der Waals surface area contributed by atoms with Crippen LogP contribution in [-0.4, -0.2) is 24.9 Å². The van der Waals surface area contributed by atoms with Crippen molar-refractivity contribution in [3.8, 4) is 0 Å². The van der Waals surface area contributed by atoms with Crippen LogP contribution in [0.2, 0.25) is 0 Å². The van der Waals surface area contributed by atoms with Crippen molar-refractivity contribution in [3.05, 3.63) is 79.5 Å². The first kappa shape index (κ1) is 46.3. The van der Waals surface area contributed by atoms with Crippen molar-refractivity contribution in [2.45, 2.75) is 182 Å². The van der Waals surface area contributed by atoms with E-state index >= 15 is 0 Å². The third kappa shape index (κ3) is 11.6. The van der Waals surface area contributed by atoms with Gasteiger partial charge in [-0.2, -0.15) is 0 Å². The van der Waals surface area contributed by atoms with Gasteiger partial charge in [0, 0.05) is 44.1 Å². The van der Waals surface area contributed by atoms with E-state index < -0.39 is 0 Å². The number of amides is 2. The lowest BCUT2D eigenvalue weighted by Crippen LogP contribution is -2.34. The summed E-state index contributed by atoms with van der Waals surface area (Å²) in [7, 11) is 0. The van der Waals surface area contributed by atoms with E-state index in [1.165, 1.54) is 154 Å². The second-order valence-electron chi connectivity index (χ2n) is 18.1. The van der Waals surface area contributed by atoms with Crippen LogP contribution in [0.15, 0.2) is 59.3 Å². The summed E-state index contributed by atoms with van der Waals surface area (Å²) in [5.74, 6) is 1.22. The van der Waals surface area contributed by atoms with Gasteiger partial charge in [0.1, 0.15) is 0 Å². The number of hydrogen-bond donors (Lipinski definition) is 0. The highest BCUT2D eigenvalue weighted by Crippen LogP contribution is 2.40. The lowest BCUT2D eigenvalue weighted by atomic mass is 9.93. The van der Waals surface area contributed by atoms with E-state index in [0.717, 1.165) is 66.6 Å². The Bertz CT molecular complexity index is 1900. The fourth-order valence-corrected chi connectivity index (χ4v) is 11.6. The normalized spacial score (nSPS) is 14.9. The van der Waals surface area contributed by atoms with Gasteiger partial charge in [0.05, 0.1) is 22.5 Å². The lowest BCUT2D eigenvalue weighted by Gasteiger charge is -2.28. The first-order valence-corrected chi connectivity index (χ1v) is 26.3. The molecular weight excluding hydrogens is 773 g/mol. The van der Waals surface area contributed by atoms with E-state index in [4.69, 9.17) is 0 Å². The molecule has 2 aromatic carbocycles. The van der Waals surface area contributed by atoms with Gasteiger partial charge >= 0.3 is 0 Å². The molecule has 0 saturated carbocycles. The van der Waals surface area contributed by atoms with Crippen molar-refractivity contribution in [3.63, 3.8) is 0 Å². The molecule has 0 spiro atoms. The summed E-state index contributed by atoms with van der Waals surface area (Å²) in [4.78, 5) is 36.3. The first-order chi connectivity index (χ1) is 29.5. The molecule has 326 valence electrons. The largest absolute Gasteiger partial charge is 0.307 e. The zero-order chi connectivity index (χ0) is 42.1.